The molecule has 1 fully saturated rings. The molecule has 3 unspecified atom stereocenters. The number of carbonyl (C=O) groups is 4. The number of hydrogen-bond acceptors (Lipinski definition) is 9. The van der Waals surface area contributed by atoms with E-state index in [0.29, 0.717) is 0 Å². The van der Waals surface area contributed by atoms with Crippen LogP contribution in [0, 0.1) is 0 Å². The van der Waals surface area contributed by atoms with Crippen LogP contribution in [0.25, 0.3) is 0 Å². The van der Waals surface area contributed by atoms with Crippen molar-refractivity contribution in [1.82, 2.24) is 5.32 Å². The molecule has 154 valence electrons. The monoisotopic (exact) mass is 401 g/mol. The zero-order chi connectivity index (χ0) is 20.9. The van der Waals surface area contributed by atoms with Gasteiger partial charge in [0.25, 0.3) is 0 Å². The van der Waals surface area contributed by atoms with E-state index in [1.807, 2.05) is 0 Å². The predicted molar refractivity (Wildman–Crippen MR) is 76.6 cm³/mol. The van der Waals surface area contributed by atoms with Crippen LogP contribution in [-0.4, -0.2) is 72.3 Å². The summed E-state index contributed by atoms with van der Waals surface area (Å²) >= 11 is 0. The van der Waals surface area contributed by atoms with Crippen molar-refractivity contribution >= 4 is 23.8 Å². The molecule has 1 heterocycles. The quantitative estimate of drug-likeness (QED) is 0.447. The molecule has 27 heavy (non-hydrogen) atoms. The van der Waals surface area contributed by atoms with Gasteiger partial charge in [0.05, 0.1) is 0 Å². The van der Waals surface area contributed by atoms with Crippen molar-refractivity contribution in [3.8, 4) is 0 Å². The minimum absolute atomic E-state index is 0.567. The van der Waals surface area contributed by atoms with E-state index in [-0.39, 0.29) is 0 Å². The van der Waals surface area contributed by atoms with Crippen LogP contribution in [0.4, 0.5) is 13.2 Å². The third kappa shape index (κ3) is 6.67. The molecule has 0 radical (unpaired) electrons. The summed E-state index contributed by atoms with van der Waals surface area (Å²) in [4.78, 5) is 44.9. The fourth-order valence-corrected chi connectivity index (χ4v) is 2.31. The van der Waals surface area contributed by atoms with Gasteiger partial charge in [-0.1, -0.05) is 0 Å². The highest BCUT2D eigenvalue weighted by molar-refractivity contribution is 5.82. The molecule has 0 bridgehead atoms. The zero-order valence-electron chi connectivity index (χ0n) is 14.4. The molecular formula is C14H18F3NO9. The summed E-state index contributed by atoms with van der Waals surface area (Å²) in [5.74, 6) is -5.12. The maximum absolute atomic E-state index is 12.5. The van der Waals surface area contributed by atoms with Gasteiger partial charge in [-0.05, 0) is 0 Å². The van der Waals surface area contributed by atoms with Crippen LogP contribution in [0.3, 0.4) is 0 Å². The number of nitrogens with one attached hydrogen (secondary N) is 1. The van der Waals surface area contributed by atoms with Crippen molar-refractivity contribution in [1.29, 1.82) is 0 Å². The van der Waals surface area contributed by atoms with Gasteiger partial charge in [0, 0.05) is 20.8 Å². The lowest BCUT2D eigenvalue weighted by Crippen LogP contribution is -2.67. The lowest BCUT2D eigenvalue weighted by molar-refractivity contribution is -0.266. The van der Waals surface area contributed by atoms with Crippen LogP contribution >= 0.6 is 0 Å². The summed E-state index contributed by atoms with van der Waals surface area (Å²) in [6.45, 7) is 2.36. The second-order valence-electron chi connectivity index (χ2n) is 5.51. The van der Waals surface area contributed by atoms with Gasteiger partial charge in [0.1, 0.15) is 18.8 Å². The van der Waals surface area contributed by atoms with Crippen LogP contribution < -0.4 is 5.32 Å². The molecule has 1 saturated heterocycles. The molecule has 1 aliphatic rings. The number of carbonyl (C=O) groups excluding carboxylic acids is 4. The first-order valence-electron chi connectivity index (χ1n) is 7.52. The average Bonchev–Trinajstić information content (AvgIpc) is 2.49. The fourth-order valence-electron chi connectivity index (χ4n) is 2.31. The summed E-state index contributed by atoms with van der Waals surface area (Å²) in [5, 5.41) is 11.4. The van der Waals surface area contributed by atoms with E-state index < -0.39 is 67.2 Å². The average molecular weight is 401 g/mol. The van der Waals surface area contributed by atoms with E-state index in [9.17, 15) is 37.5 Å². The third-order valence-electron chi connectivity index (χ3n) is 3.28. The summed E-state index contributed by atoms with van der Waals surface area (Å²) in [6, 6.07) is -1.92. The smallest absolute Gasteiger partial charge is 0.463 e. The molecule has 0 aromatic rings. The van der Waals surface area contributed by atoms with Crippen molar-refractivity contribution in [2.45, 2.75) is 57.6 Å². The van der Waals surface area contributed by atoms with Gasteiger partial charge in [-0.25, -0.2) is 0 Å². The van der Waals surface area contributed by atoms with Gasteiger partial charge in [0.2, 0.25) is 0 Å². The first-order chi connectivity index (χ1) is 12.3. The fraction of sp³-hybridized carbons (Fsp3) is 0.714. The molecule has 10 nitrogen and oxygen atoms in total. The number of alkyl halides is 3. The zero-order valence-corrected chi connectivity index (χ0v) is 14.4. The minimum atomic E-state index is -5.30. The van der Waals surface area contributed by atoms with Crippen molar-refractivity contribution < 1.29 is 56.4 Å². The minimum Gasteiger partial charge on any atom is -0.463 e. The maximum atomic E-state index is 12.5. The van der Waals surface area contributed by atoms with Crippen LogP contribution in [-0.2, 0) is 38.1 Å². The van der Waals surface area contributed by atoms with Gasteiger partial charge in [0.15, 0.2) is 18.5 Å². The number of halogens is 3. The number of esters is 3. The molecule has 5 atom stereocenters. The number of ether oxygens (including phenoxy) is 4. The Kier molecular flexibility index (Phi) is 7.54. The van der Waals surface area contributed by atoms with Gasteiger partial charge < -0.3 is 29.4 Å². The van der Waals surface area contributed by atoms with Crippen molar-refractivity contribution in [3.63, 3.8) is 0 Å². The van der Waals surface area contributed by atoms with E-state index in [2.05, 4.69) is 0 Å². The molecule has 1 rings (SSSR count). The number of hydrogen-bond donors (Lipinski definition) is 2. The molecule has 1 amide bonds. The first kappa shape index (κ1) is 22.6. The highest BCUT2D eigenvalue weighted by atomic mass is 19.4. The topological polar surface area (TPSA) is 137 Å². The normalized spacial score (nSPS) is 28.0. The molecule has 0 spiro atoms. The largest absolute Gasteiger partial charge is 0.471 e. The van der Waals surface area contributed by atoms with E-state index in [0.717, 1.165) is 20.8 Å². The summed E-state index contributed by atoms with van der Waals surface area (Å²) < 4.78 is 57.1. The van der Waals surface area contributed by atoms with Crippen molar-refractivity contribution in [2.24, 2.45) is 0 Å². The molecule has 0 aromatic carbocycles. The van der Waals surface area contributed by atoms with Gasteiger partial charge >= 0.3 is 30.0 Å². The molecule has 2 N–H and O–H groups in total. The van der Waals surface area contributed by atoms with Gasteiger partial charge in [-0.2, -0.15) is 13.2 Å². The lowest BCUT2D eigenvalue weighted by atomic mass is 9.96. The van der Waals surface area contributed by atoms with E-state index in [4.69, 9.17) is 18.9 Å². The second-order valence-corrected chi connectivity index (χ2v) is 5.51. The molecule has 0 saturated carbocycles. The second kappa shape index (κ2) is 8.99. The van der Waals surface area contributed by atoms with Crippen LogP contribution in [0.2, 0.25) is 0 Å². The maximum Gasteiger partial charge on any atom is 0.471 e. The highest BCUT2D eigenvalue weighted by Crippen LogP contribution is 2.27. The Balaban J connectivity index is 3.18. The van der Waals surface area contributed by atoms with E-state index in [1.165, 1.54) is 5.32 Å². The predicted octanol–water partition coefficient (Wildman–Crippen LogP) is -0.823. The standard InChI is InChI=1S/C14H18F3NO9/c1-5(19)24-4-8-10(25-6(2)20)11(26-7(3)21)9(12(22)27-8)18-13(23)14(15,16)17/h8-12,22H,4H2,1-3H3,(H,18,23)/t8?,9-,10-,11?,12?/m1/s1. The molecule has 1 aliphatic heterocycles. The molecule has 0 aromatic heterocycles. The Bertz CT molecular complexity index is 595. The van der Waals surface area contributed by atoms with Crippen LogP contribution in [0.15, 0.2) is 0 Å². The van der Waals surface area contributed by atoms with E-state index in [1.54, 1.807) is 0 Å². The highest BCUT2D eigenvalue weighted by Gasteiger charge is 2.52. The molecule has 13 heteroatoms. The Morgan fingerprint density at radius 3 is 1.96 bits per heavy atom. The Morgan fingerprint density at radius 1 is 1.00 bits per heavy atom. The lowest BCUT2D eigenvalue weighted by Gasteiger charge is -2.43. The summed E-state index contributed by atoms with van der Waals surface area (Å²) in [7, 11) is 0. The Morgan fingerprint density at radius 2 is 1.52 bits per heavy atom. The number of aliphatic hydroxyl groups excluding tert-OH is 1. The SMILES string of the molecule is CC(=O)OCC1OC(O)[C@H](NC(=O)C(F)(F)F)C(OC(C)=O)[C@@H]1OC(C)=O. The van der Waals surface area contributed by atoms with Gasteiger partial charge in [-0.3, -0.25) is 19.2 Å². The molecule has 0 aliphatic carbocycles. The number of rotatable bonds is 5. The third-order valence-corrected chi connectivity index (χ3v) is 3.28. The summed E-state index contributed by atoms with van der Waals surface area (Å²) in [5.41, 5.74) is 0. The first-order valence-corrected chi connectivity index (χ1v) is 7.52. The number of aliphatic hydroxyl groups is 1. The number of amides is 1. The van der Waals surface area contributed by atoms with Crippen molar-refractivity contribution in [3.05, 3.63) is 0 Å². The summed E-state index contributed by atoms with van der Waals surface area (Å²) in [6.07, 6.45) is -12.1. The van der Waals surface area contributed by atoms with E-state index >= 15 is 0 Å². The van der Waals surface area contributed by atoms with Gasteiger partial charge in [-0.15, -0.1) is 0 Å². The van der Waals surface area contributed by atoms with Crippen molar-refractivity contribution in [2.75, 3.05) is 6.61 Å². The van der Waals surface area contributed by atoms with Crippen LogP contribution in [0.5, 0.6) is 0 Å². The Labute approximate surface area is 150 Å². The van der Waals surface area contributed by atoms with Crippen LogP contribution in [0.1, 0.15) is 20.8 Å². The molecular weight excluding hydrogens is 383 g/mol. The Hall–Kier alpha value is -2.41.